The molecule has 1 unspecified atom stereocenters. The van der Waals surface area contributed by atoms with Crippen LogP contribution in [0.3, 0.4) is 0 Å². The Hall–Kier alpha value is -1.23. The van der Waals surface area contributed by atoms with Gasteiger partial charge in [-0.15, -0.1) is 11.3 Å². The zero-order chi connectivity index (χ0) is 13.0. The van der Waals surface area contributed by atoms with E-state index in [2.05, 4.69) is 31.4 Å². The molecule has 0 saturated carbocycles. The van der Waals surface area contributed by atoms with Crippen molar-refractivity contribution in [3.63, 3.8) is 0 Å². The van der Waals surface area contributed by atoms with Crippen LogP contribution in [-0.2, 0) is 0 Å². The molecule has 0 fully saturated rings. The minimum atomic E-state index is -0.127. The van der Waals surface area contributed by atoms with E-state index < -0.39 is 0 Å². The van der Waals surface area contributed by atoms with E-state index in [0.29, 0.717) is 22.5 Å². The van der Waals surface area contributed by atoms with Crippen LogP contribution in [0.2, 0.25) is 0 Å². The summed E-state index contributed by atoms with van der Waals surface area (Å²) < 4.78 is 0. The zero-order valence-corrected chi connectivity index (χ0v) is 11.6. The summed E-state index contributed by atoms with van der Waals surface area (Å²) in [5.74, 6) is 0.421. The molecular weight excluding hydrogens is 234 g/mol. The van der Waals surface area contributed by atoms with E-state index in [-0.39, 0.29) is 5.91 Å². The lowest BCUT2D eigenvalue weighted by Gasteiger charge is -2.20. The lowest BCUT2D eigenvalue weighted by atomic mass is 10.0. The second-order valence-electron chi connectivity index (χ2n) is 4.38. The van der Waals surface area contributed by atoms with Gasteiger partial charge in [0.15, 0.2) is 0 Å². The predicted octanol–water partition coefficient (Wildman–Crippen LogP) is 2.54. The summed E-state index contributed by atoms with van der Waals surface area (Å²) in [6.07, 6.45) is 1.05. The van der Waals surface area contributed by atoms with Crippen molar-refractivity contribution in [3.8, 4) is 0 Å². The first-order valence-corrected chi connectivity index (χ1v) is 6.69. The van der Waals surface area contributed by atoms with Gasteiger partial charge in [0.25, 0.3) is 5.91 Å². The van der Waals surface area contributed by atoms with Crippen molar-refractivity contribution in [2.24, 2.45) is 5.92 Å². The number of hydrogen-bond donors (Lipinski definition) is 3. The van der Waals surface area contributed by atoms with Crippen LogP contribution >= 0.6 is 11.3 Å². The molecule has 0 spiro atoms. The minimum Gasteiger partial charge on any atom is -0.397 e. The average molecular weight is 255 g/mol. The van der Waals surface area contributed by atoms with Gasteiger partial charge in [0, 0.05) is 13.1 Å². The monoisotopic (exact) mass is 255 g/mol. The fraction of sp³-hybridized carbons (Fsp3) is 0.583. The van der Waals surface area contributed by atoms with Gasteiger partial charge >= 0.3 is 0 Å². The van der Waals surface area contributed by atoms with Crippen LogP contribution in [0.4, 0.5) is 10.7 Å². The summed E-state index contributed by atoms with van der Waals surface area (Å²) in [5.41, 5.74) is 6.36. The van der Waals surface area contributed by atoms with Crippen LogP contribution in [0.1, 0.15) is 36.9 Å². The van der Waals surface area contributed by atoms with Gasteiger partial charge in [0.2, 0.25) is 0 Å². The maximum Gasteiger partial charge on any atom is 0.263 e. The molecule has 1 aromatic rings. The maximum absolute atomic E-state index is 11.5. The molecule has 4 N–H and O–H groups in total. The summed E-state index contributed by atoms with van der Waals surface area (Å²) in [7, 11) is 1.61. The summed E-state index contributed by atoms with van der Waals surface area (Å²) >= 11 is 1.41. The molecule has 4 nitrogen and oxygen atoms in total. The van der Waals surface area contributed by atoms with Crippen molar-refractivity contribution < 1.29 is 4.79 Å². The molecule has 96 valence electrons. The fourth-order valence-corrected chi connectivity index (χ4v) is 2.68. The number of rotatable bonds is 5. The fourth-order valence-electron chi connectivity index (χ4n) is 1.69. The van der Waals surface area contributed by atoms with Gasteiger partial charge in [-0.3, -0.25) is 4.79 Å². The molecule has 1 aromatic heterocycles. The normalized spacial score (nSPS) is 12.5. The average Bonchev–Trinajstić information content (AvgIpc) is 2.65. The molecule has 0 aliphatic carbocycles. The van der Waals surface area contributed by atoms with Crippen LogP contribution in [0, 0.1) is 5.92 Å². The molecule has 1 rings (SSSR count). The predicted molar refractivity (Wildman–Crippen MR) is 74.7 cm³/mol. The van der Waals surface area contributed by atoms with Gasteiger partial charge in [-0.25, -0.2) is 0 Å². The Morgan fingerprint density at radius 1 is 1.53 bits per heavy atom. The lowest BCUT2D eigenvalue weighted by Crippen LogP contribution is -2.23. The number of carbonyl (C=O) groups excluding carboxylic acids is 1. The molecule has 0 saturated heterocycles. The van der Waals surface area contributed by atoms with Gasteiger partial charge in [0.1, 0.15) is 4.88 Å². The van der Waals surface area contributed by atoms with Crippen molar-refractivity contribution in [2.75, 3.05) is 18.1 Å². The topological polar surface area (TPSA) is 67.1 Å². The van der Waals surface area contributed by atoms with Crippen molar-refractivity contribution in [2.45, 2.75) is 33.2 Å². The van der Waals surface area contributed by atoms with Gasteiger partial charge in [-0.05, 0) is 18.4 Å². The van der Waals surface area contributed by atoms with Crippen molar-refractivity contribution >= 4 is 27.9 Å². The summed E-state index contributed by atoms with van der Waals surface area (Å²) in [6, 6.07) is 2.24. The first-order chi connectivity index (χ1) is 7.99. The van der Waals surface area contributed by atoms with Gasteiger partial charge < -0.3 is 16.4 Å². The SMILES string of the molecule is CCC(Nc1cc(N)c(C(=O)NC)s1)C(C)C. The first kappa shape index (κ1) is 13.8. The van der Waals surface area contributed by atoms with E-state index in [4.69, 9.17) is 5.73 Å². The third kappa shape index (κ3) is 3.36. The number of nitrogen functional groups attached to an aromatic ring is 1. The van der Waals surface area contributed by atoms with E-state index >= 15 is 0 Å². The second kappa shape index (κ2) is 5.91. The smallest absolute Gasteiger partial charge is 0.263 e. The first-order valence-electron chi connectivity index (χ1n) is 5.87. The Morgan fingerprint density at radius 2 is 2.18 bits per heavy atom. The van der Waals surface area contributed by atoms with Crippen molar-refractivity contribution in [1.29, 1.82) is 0 Å². The molecular formula is C12H21N3OS. The van der Waals surface area contributed by atoms with E-state index in [1.807, 2.05) is 6.07 Å². The van der Waals surface area contributed by atoms with Crippen molar-refractivity contribution in [1.82, 2.24) is 5.32 Å². The van der Waals surface area contributed by atoms with Crippen LogP contribution < -0.4 is 16.4 Å². The second-order valence-corrected chi connectivity index (χ2v) is 5.43. The molecule has 0 aliphatic heterocycles. The largest absolute Gasteiger partial charge is 0.397 e. The van der Waals surface area contributed by atoms with E-state index in [1.54, 1.807) is 7.05 Å². The number of nitrogens with two attached hydrogens (primary N) is 1. The van der Waals surface area contributed by atoms with Crippen molar-refractivity contribution in [3.05, 3.63) is 10.9 Å². The summed E-state index contributed by atoms with van der Waals surface area (Å²) in [4.78, 5) is 12.1. The van der Waals surface area contributed by atoms with Crippen LogP contribution in [0.5, 0.6) is 0 Å². The number of amides is 1. The van der Waals surface area contributed by atoms with Gasteiger partial charge in [0.05, 0.1) is 10.7 Å². The molecule has 0 aromatic carbocycles. The number of thiophene rings is 1. The standard InChI is InChI=1S/C12H21N3OS/c1-5-9(7(2)3)15-10-6-8(13)11(17-10)12(16)14-4/h6-7,9,15H,5,13H2,1-4H3,(H,14,16). The highest BCUT2D eigenvalue weighted by molar-refractivity contribution is 7.18. The Kier molecular flexibility index (Phi) is 4.81. The van der Waals surface area contributed by atoms with Crippen LogP contribution in [0.25, 0.3) is 0 Å². The molecule has 0 bridgehead atoms. The molecule has 1 heterocycles. The van der Waals surface area contributed by atoms with E-state index in [0.717, 1.165) is 11.4 Å². The Labute approximate surface area is 107 Å². The number of nitrogens with one attached hydrogen (secondary N) is 2. The molecule has 0 radical (unpaired) electrons. The number of hydrogen-bond acceptors (Lipinski definition) is 4. The molecule has 0 aliphatic rings. The van der Waals surface area contributed by atoms with Crippen LogP contribution in [0.15, 0.2) is 6.07 Å². The highest BCUT2D eigenvalue weighted by Gasteiger charge is 2.16. The highest BCUT2D eigenvalue weighted by Crippen LogP contribution is 2.30. The Balaban J connectivity index is 2.83. The Morgan fingerprint density at radius 3 is 2.65 bits per heavy atom. The minimum absolute atomic E-state index is 0.127. The summed E-state index contributed by atoms with van der Waals surface area (Å²) in [6.45, 7) is 6.50. The Bertz CT molecular complexity index is 387. The van der Waals surface area contributed by atoms with Gasteiger partial charge in [-0.2, -0.15) is 0 Å². The van der Waals surface area contributed by atoms with Crippen LogP contribution in [-0.4, -0.2) is 19.0 Å². The van der Waals surface area contributed by atoms with Gasteiger partial charge in [-0.1, -0.05) is 20.8 Å². The quantitative estimate of drug-likeness (QED) is 0.757. The molecule has 1 amide bonds. The molecule has 1 atom stereocenters. The highest BCUT2D eigenvalue weighted by atomic mass is 32.1. The van der Waals surface area contributed by atoms with E-state index in [1.165, 1.54) is 11.3 Å². The summed E-state index contributed by atoms with van der Waals surface area (Å²) in [5, 5.41) is 6.98. The molecule has 17 heavy (non-hydrogen) atoms. The zero-order valence-electron chi connectivity index (χ0n) is 10.8. The maximum atomic E-state index is 11.5. The third-order valence-electron chi connectivity index (χ3n) is 2.77. The number of carbonyl (C=O) groups is 1. The third-order valence-corrected chi connectivity index (χ3v) is 3.85. The number of anilines is 2. The molecule has 5 heteroatoms. The van der Waals surface area contributed by atoms with E-state index in [9.17, 15) is 4.79 Å². The lowest BCUT2D eigenvalue weighted by molar-refractivity contribution is 0.0968.